The topological polar surface area (TPSA) is 30.5 Å². The number of benzene rings is 1. The summed E-state index contributed by atoms with van der Waals surface area (Å²) in [4.78, 5) is 0. The Morgan fingerprint density at radius 2 is 2.28 bits per heavy atom. The average molecular weight is 249 g/mol. The van der Waals surface area contributed by atoms with Crippen molar-refractivity contribution in [2.75, 3.05) is 26.9 Å². The van der Waals surface area contributed by atoms with Crippen LogP contribution in [0.4, 0.5) is 0 Å². The summed E-state index contributed by atoms with van der Waals surface area (Å²) in [5.74, 6) is 1.52. The maximum atomic E-state index is 5.53. The quantitative estimate of drug-likeness (QED) is 0.841. The highest BCUT2D eigenvalue weighted by molar-refractivity contribution is 5.36. The first-order chi connectivity index (χ1) is 8.86. The fraction of sp³-hybridized carbons (Fsp3) is 0.600. The second kappa shape index (κ2) is 6.76. The van der Waals surface area contributed by atoms with E-state index in [4.69, 9.17) is 9.47 Å². The first-order valence-electron chi connectivity index (χ1n) is 6.80. The Balaban J connectivity index is 2.20. The van der Waals surface area contributed by atoms with Gasteiger partial charge in [0.1, 0.15) is 5.75 Å². The number of hydrogen-bond acceptors (Lipinski definition) is 3. The lowest BCUT2D eigenvalue weighted by Crippen LogP contribution is -2.29. The van der Waals surface area contributed by atoms with Gasteiger partial charge in [-0.15, -0.1) is 0 Å². The van der Waals surface area contributed by atoms with E-state index in [1.165, 1.54) is 5.56 Å². The molecule has 3 heteroatoms. The van der Waals surface area contributed by atoms with E-state index in [1.807, 2.05) is 12.1 Å². The Morgan fingerprint density at radius 1 is 1.44 bits per heavy atom. The third-order valence-electron chi connectivity index (χ3n) is 3.52. The van der Waals surface area contributed by atoms with Gasteiger partial charge < -0.3 is 14.8 Å². The van der Waals surface area contributed by atoms with Crippen LogP contribution in [0, 0.1) is 5.92 Å². The van der Waals surface area contributed by atoms with E-state index in [-0.39, 0.29) is 0 Å². The normalized spacial score (nSPS) is 20.9. The fourth-order valence-corrected chi connectivity index (χ4v) is 2.57. The summed E-state index contributed by atoms with van der Waals surface area (Å²) in [7, 11) is 1.74. The summed E-state index contributed by atoms with van der Waals surface area (Å²) in [5.41, 5.74) is 1.25. The summed E-state index contributed by atoms with van der Waals surface area (Å²) in [6.07, 6.45) is 2.26. The molecule has 0 aliphatic carbocycles. The van der Waals surface area contributed by atoms with Crippen LogP contribution in [0.5, 0.6) is 5.75 Å². The van der Waals surface area contributed by atoms with Crippen molar-refractivity contribution in [1.82, 2.24) is 5.32 Å². The molecule has 18 heavy (non-hydrogen) atoms. The number of hydrogen-bond donors (Lipinski definition) is 1. The van der Waals surface area contributed by atoms with Gasteiger partial charge in [0.15, 0.2) is 0 Å². The van der Waals surface area contributed by atoms with Gasteiger partial charge in [-0.1, -0.05) is 25.1 Å². The second-order valence-corrected chi connectivity index (χ2v) is 4.80. The predicted octanol–water partition coefficient (Wildman–Crippen LogP) is 2.77. The van der Waals surface area contributed by atoms with Gasteiger partial charge in [0.2, 0.25) is 0 Å². The smallest absolute Gasteiger partial charge is 0.123 e. The number of methoxy groups -OCH3 is 1. The molecule has 1 aliphatic heterocycles. The largest absolute Gasteiger partial charge is 0.496 e. The Labute approximate surface area is 109 Å². The van der Waals surface area contributed by atoms with Crippen LogP contribution in [-0.4, -0.2) is 26.9 Å². The van der Waals surface area contributed by atoms with Crippen LogP contribution >= 0.6 is 0 Å². The van der Waals surface area contributed by atoms with Gasteiger partial charge in [-0.25, -0.2) is 0 Å². The van der Waals surface area contributed by atoms with E-state index in [1.54, 1.807) is 7.11 Å². The summed E-state index contributed by atoms with van der Waals surface area (Å²) in [6.45, 7) is 4.94. The van der Waals surface area contributed by atoms with E-state index >= 15 is 0 Å². The van der Waals surface area contributed by atoms with Crippen molar-refractivity contribution in [3.8, 4) is 5.75 Å². The lowest BCUT2D eigenvalue weighted by atomic mass is 9.91. The van der Waals surface area contributed by atoms with Crippen molar-refractivity contribution in [1.29, 1.82) is 0 Å². The molecular weight excluding hydrogens is 226 g/mol. The Bertz CT molecular complexity index is 361. The molecule has 0 saturated carbocycles. The summed E-state index contributed by atoms with van der Waals surface area (Å²) >= 11 is 0. The van der Waals surface area contributed by atoms with Crippen LogP contribution < -0.4 is 10.1 Å². The van der Waals surface area contributed by atoms with Crippen LogP contribution in [0.3, 0.4) is 0 Å². The maximum absolute atomic E-state index is 5.53. The first kappa shape index (κ1) is 13.4. The molecule has 1 fully saturated rings. The molecule has 100 valence electrons. The van der Waals surface area contributed by atoms with Crippen LogP contribution in [0.2, 0.25) is 0 Å². The zero-order chi connectivity index (χ0) is 12.8. The van der Waals surface area contributed by atoms with Gasteiger partial charge in [-0.2, -0.15) is 0 Å². The minimum Gasteiger partial charge on any atom is -0.496 e. The van der Waals surface area contributed by atoms with Crippen molar-refractivity contribution >= 4 is 0 Å². The van der Waals surface area contributed by atoms with Gasteiger partial charge in [0.05, 0.1) is 13.7 Å². The van der Waals surface area contributed by atoms with Crippen molar-refractivity contribution in [3.05, 3.63) is 29.8 Å². The lowest BCUT2D eigenvalue weighted by molar-refractivity contribution is 0.176. The molecule has 0 amide bonds. The molecule has 1 aromatic rings. The van der Waals surface area contributed by atoms with Gasteiger partial charge in [-0.05, 0) is 25.5 Å². The Kier molecular flexibility index (Phi) is 5.02. The molecule has 1 aromatic carbocycles. The van der Waals surface area contributed by atoms with Crippen LogP contribution in [0.15, 0.2) is 24.3 Å². The third-order valence-corrected chi connectivity index (χ3v) is 3.52. The SMILES string of the molecule is CCCNC(c1ccccc1OC)C1CCOC1. The number of nitrogens with one attached hydrogen (secondary N) is 1. The fourth-order valence-electron chi connectivity index (χ4n) is 2.57. The highest BCUT2D eigenvalue weighted by Crippen LogP contribution is 2.33. The highest BCUT2D eigenvalue weighted by atomic mass is 16.5. The van der Waals surface area contributed by atoms with Gasteiger partial charge in [-0.3, -0.25) is 0 Å². The highest BCUT2D eigenvalue weighted by Gasteiger charge is 2.28. The molecule has 2 rings (SSSR count). The van der Waals surface area contributed by atoms with Crippen molar-refractivity contribution < 1.29 is 9.47 Å². The predicted molar refractivity (Wildman–Crippen MR) is 73.0 cm³/mol. The molecule has 1 heterocycles. The molecule has 0 bridgehead atoms. The molecular formula is C15H23NO2. The zero-order valence-corrected chi connectivity index (χ0v) is 11.3. The number of para-hydroxylation sites is 1. The molecule has 1 aliphatic rings. The van der Waals surface area contributed by atoms with Crippen molar-refractivity contribution in [3.63, 3.8) is 0 Å². The Hall–Kier alpha value is -1.06. The Morgan fingerprint density at radius 3 is 2.94 bits per heavy atom. The van der Waals surface area contributed by atoms with Crippen molar-refractivity contribution in [2.24, 2.45) is 5.92 Å². The van der Waals surface area contributed by atoms with Crippen LogP contribution in [0.1, 0.15) is 31.4 Å². The van der Waals surface area contributed by atoms with Gasteiger partial charge in [0, 0.05) is 24.1 Å². The minimum absolute atomic E-state index is 0.337. The minimum atomic E-state index is 0.337. The standard InChI is InChI=1S/C15H23NO2/c1-3-9-16-15(12-8-10-18-11-12)13-6-4-5-7-14(13)17-2/h4-7,12,15-16H,3,8-11H2,1-2H3. The molecule has 1 saturated heterocycles. The average Bonchev–Trinajstić information content (AvgIpc) is 2.94. The van der Waals surface area contributed by atoms with E-state index in [0.717, 1.165) is 38.3 Å². The van der Waals surface area contributed by atoms with E-state index in [9.17, 15) is 0 Å². The molecule has 0 spiro atoms. The maximum Gasteiger partial charge on any atom is 0.123 e. The first-order valence-corrected chi connectivity index (χ1v) is 6.80. The van der Waals surface area contributed by atoms with Gasteiger partial charge in [0.25, 0.3) is 0 Å². The second-order valence-electron chi connectivity index (χ2n) is 4.80. The summed E-state index contributed by atoms with van der Waals surface area (Å²) < 4.78 is 11.0. The molecule has 1 N–H and O–H groups in total. The molecule has 3 nitrogen and oxygen atoms in total. The lowest BCUT2D eigenvalue weighted by Gasteiger charge is -2.25. The van der Waals surface area contributed by atoms with Crippen LogP contribution in [0.25, 0.3) is 0 Å². The number of ether oxygens (including phenoxy) is 2. The summed E-state index contributed by atoms with van der Waals surface area (Å²) in [5, 5.41) is 3.64. The monoisotopic (exact) mass is 249 g/mol. The molecule has 0 radical (unpaired) electrons. The van der Waals surface area contributed by atoms with Crippen LogP contribution in [-0.2, 0) is 4.74 Å². The van der Waals surface area contributed by atoms with E-state index in [0.29, 0.717) is 12.0 Å². The molecule has 2 unspecified atom stereocenters. The number of rotatable bonds is 6. The molecule has 0 aromatic heterocycles. The van der Waals surface area contributed by atoms with E-state index in [2.05, 4.69) is 24.4 Å². The van der Waals surface area contributed by atoms with Gasteiger partial charge >= 0.3 is 0 Å². The third kappa shape index (κ3) is 3.03. The zero-order valence-electron chi connectivity index (χ0n) is 11.3. The summed E-state index contributed by atoms with van der Waals surface area (Å²) in [6, 6.07) is 8.62. The van der Waals surface area contributed by atoms with Crippen molar-refractivity contribution in [2.45, 2.75) is 25.8 Å². The van der Waals surface area contributed by atoms with E-state index < -0.39 is 0 Å². The molecule has 2 atom stereocenters.